The highest BCUT2D eigenvalue weighted by atomic mass is 32.2. The highest BCUT2D eigenvalue weighted by Crippen LogP contribution is 2.27. The van der Waals surface area contributed by atoms with Crippen LogP contribution in [0.5, 0.6) is 5.75 Å². The molecule has 0 aliphatic carbocycles. The van der Waals surface area contributed by atoms with E-state index in [-0.39, 0.29) is 6.61 Å². The second-order valence-corrected chi connectivity index (χ2v) is 7.62. The lowest BCUT2D eigenvalue weighted by Crippen LogP contribution is -2.20. The third-order valence-electron chi connectivity index (χ3n) is 3.11. The van der Waals surface area contributed by atoms with Crippen molar-refractivity contribution in [1.82, 2.24) is 10.2 Å². The zero-order valence-electron chi connectivity index (χ0n) is 13.7. The zero-order valence-corrected chi connectivity index (χ0v) is 15.3. The highest BCUT2D eigenvalue weighted by molar-refractivity contribution is 8.01. The summed E-state index contributed by atoms with van der Waals surface area (Å²) >= 11 is 2.99. The van der Waals surface area contributed by atoms with Crippen molar-refractivity contribution in [2.75, 3.05) is 24.2 Å². The molecule has 0 saturated heterocycles. The van der Waals surface area contributed by atoms with Gasteiger partial charge in [0.25, 0.3) is 0 Å². The Kier molecular flexibility index (Phi) is 7.14. The van der Waals surface area contributed by atoms with Crippen LogP contribution in [-0.4, -0.2) is 40.3 Å². The van der Waals surface area contributed by atoms with Gasteiger partial charge in [0.1, 0.15) is 12.4 Å². The fraction of sp³-hybridized carbons (Fsp3) is 0.500. The molecule has 1 heterocycles. The first kappa shape index (κ1) is 18.0. The Labute approximate surface area is 145 Å². The smallest absolute Gasteiger partial charge is 0.206 e. The Hall–Kier alpha value is -1.31. The van der Waals surface area contributed by atoms with E-state index < -0.39 is 6.10 Å². The predicted molar refractivity (Wildman–Crippen MR) is 96.8 cm³/mol. The fourth-order valence-corrected chi connectivity index (χ4v) is 3.73. The van der Waals surface area contributed by atoms with Crippen molar-refractivity contribution in [2.24, 2.45) is 0 Å². The van der Waals surface area contributed by atoms with Crippen molar-refractivity contribution >= 4 is 28.2 Å². The molecule has 1 aromatic heterocycles. The van der Waals surface area contributed by atoms with Crippen molar-refractivity contribution in [3.63, 3.8) is 0 Å². The summed E-state index contributed by atoms with van der Waals surface area (Å²) in [5.41, 5.74) is 1.16. The van der Waals surface area contributed by atoms with Crippen molar-refractivity contribution in [1.29, 1.82) is 0 Å². The van der Waals surface area contributed by atoms with Crippen LogP contribution in [-0.2, 0) is 0 Å². The molecule has 5 nitrogen and oxygen atoms in total. The number of rotatable bonds is 9. The molecule has 1 atom stereocenters. The van der Waals surface area contributed by atoms with Crippen LogP contribution in [0.3, 0.4) is 0 Å². The molecule has 1 aromatic carbocycles. The molecule has 0 bridgehead atoms. The van der Waals surface area contributed by atoms with Gasteiger partial charge in [-0.3, -0.25) is 0 Å². The molecule has 1 unspecified atom stereocenters. The Morgan fingerprint density at radius 2 is 2.09 bits per heavy atom. The summed E-state index contributed by atoms with van der Waals surface area (Å²) in [6.45, 7) is 7.38. The number of aromatic nitrogens is 2. The van der Waals surface area contributed by atoms with Gasteiger partial charge in [-0.25, -0.2) is 0 Å². The molecule has 0 aliphatic rings. The molecule has 2 N–H and O–H groups in total. The van der Waals surface area contributed by atoms with E-state index in [1.54, 1.807) is 0 Å². The van der Waals surface area contributed by atoms with E-state index in [2.05, 4.69) is 35.4 Å². The maximum Gasteiger partial charge on any atom is 0.206 e. The Bertz CT molecular complexity index is 605. The minimum Gasteiger partial charge on any atom is -0.491 e. The maximum absolute atomic E-state index is 10.1. The summed E-state index contributed by atoms with van der Waals surface area (Å²) < 4.78 is 6.63. The summed E-state index contributed by atoms with van der Waals surface area (Å²) in [5, 5.41) is 22.2. The average molecular weight is 354 g/mol. The molecule has 0 saturated carbocycles. The van der Waals surface area contributed by atoms with Gasteiger partial charge in [0, 0.05) is 12.3 Å². The molecule has 2 rings (SSSR count). The van der Waals surface area contributed by atoms with Crippen LogP contribution in [0, 0.1) is 0 Å². The highest BCUT2D eigenvalue weighted by Gasteiger charge is 2.12. The summed E-state index contributed by atoms with van der Waals surface area (Å²) in [4.78, 5) is 0. The van der Waals surface area contributed by atoms with Crippen molar-refractivity contribution in [3.05, 3.63) is 29.8 Å². The number of hydrogen-bond acceptors (Lipinski definition) is 7. The lowest BCUT2D eigenvalue weighted by Gasteiger charge is -2.16. The van der Waals surface area contributed by atoms with Gasteiger partial charge in [-0.1, -0.05) is 55.1 Å². The number of aliphatic hydroxyl groups is 1. The summed E-state index contributed by atoms with van der Waals surface area (Å²) in [6, 6.07) is 7.96. The third kappa shape index (κ3) is 5.67. The van der Waals surface area contributed by atoms with Gasteiger partial charge in [-0.15, -0.1) is 10.2 Å². The molecule has 7 heteroatoms. The number of nitrogens with one attached hydrogen (secondary N) is 1. The molecule has 0 radical (unpaired) electrons. The number of hydrogen-bond donors (Lipinski definition) is 2. The van der Waals surface area contributed by atoms with E-state index in [4.69, 9.17) is 4.74 Å². The van der Waals surface area contributed by atoms with Crippen LogP contribution in [0.25, 0.3) is 0 Å². The molecular weight excluding hydrogens is 330 g/mol. The van der Waals surface area contributed by atoms with E-state index in [1.807, 2.05) is 25.1 Å². The number of para-hydroxylation sites is 1. The molecule has 0 aliphatic heterocycles. The van der Waals surface area contributed by atoms with Gasteiger partial charge in [-0.2, -0.15) is 0 Å². The van der Waals surface area contributed by atoms with Gasteiger partial charge in [0.2, 0.25) is 5.13 Å². The predicted octanol–water partition coefficient (Wildman–Crippen LogP) is 3.63. The molecule has 126 valence electrons. The fourth-order valence-electron chi connectivity index (χ4n) is 1.98. The average Bonchev–Trinajstić information content (AvgIpc) is 2.99. The van der Waals surface area contributed by atoms with Gasteiger partial charge in [-0.05, 0) is 24.5 Å². The Morgan fingerprint density at radius 1 is 1.30 bits per heavy atom. The molecular formula is C16H23N3O2S2. The second kappa shape index (κ2) is 9.10. The van der Waals surface area contributed by atoms with Crippen molar-refractivity contribution in [2.45, 2.75) is 37.1 Å². The molecule has 0 spiro atoms. The largest absolute Gasteiger partial charge is 0.491 e. The minimum absolute atomic E-state index is 0.273. The SMILES string of the molecule is CCNc1nnc(SCC(O)COc2ccccc2C(C)C)s1. The number of aliphatic hydroxyl groups excluding tert-OH is 1. The van der Waals surface area contributed by atoms with Crippen molar-refractivity contribution in [3.8, 4) is 5.75 Å². The zero-order chi connectivity index (χ0) is 16.7. The van der Waals surface area contributed by atoms with E-state index in [0.29, 0.717) is 11.7 Å². The van der Waals surface area contributed by atoms with Crippen LogP contribution in [0.15, 0.2) is 28.6 Å². The molecule has 0 fully saturated rings. The van der Waals surface area contributed by atoms with Crippen LogP contribution >= 0.6 is 23.1 Å². The first-order valence-corrected chi connectivity index (χ1v) is 9.50. The minimum atomic E-state index is -0.549. The molecule has 23 heavy (non-hydrogen) atoms. The van der Waals surface area contributed by atoms with Crippen LogP contribution in [0.2, 0.25) is 0 Å². The lowest BCUT2D eigenvalue weighted by atomic mass is 10.0. The summed E-state index contributed by atoms with van der Waals surface area (Å²) in [7, 11) is 0. The number of thioether (sulfide) groups is 1. The first-order valence-electron chi connectivity index (χ1n) is 7.70. The number of benzene rings is 1. The lowest BCUT2D eigenvalue weighted by molar-refractivity contribution is 0.125. The second-order valence-electron chi connectivity index (χ2n) is 5.37. The summed E-state index contributed by atoms with van der Waals surface area (Å²) in [5.74, 6) is 1.77. The van der Waals surface area contributed by atoms with E-state index in [1.165, 1.54) is 23.1 Å². The van der Waals surface area contributed by atoms with Gasteiger partial charge in [0.05, 0.1) is 6.10 Å². The Balaban J connectivity index is 1.80. The van der Waals surface area contributed by atoms with E-state index >= 15 is 0 Å². The monoisotopic (exact) mass is 353 g/mol. The van der Waals surface area contributed by atoms with Gasteiger partial charge >= 0.3 is 0 Å². The van der Waals surface area contributed by atoms with Crippen LogP contribution < -0.4 is 10.1 Å². The van der Waals surface area contributed by atoms with Gasteiger partial charge in [0.15, 0.2) is 4.34 Å². The number of nitrogens with zero attached hydrogens (tertiary/aromatic N) is 2. The first-order chi connectivity index (χ1) is 11.1. The normalized spacial score (nSPS) is 12.4. The van der Waals surface area contributed by atoms with Crippen LogP contribution in [0.1, 0.15) is 32.3 Å². The number of anilines is 1. The number of ether oxygens (including phenoxy) is 1. The van der Waals surface area contributed by atoms with Gasteiger partial charge < -0.3 is 15.2 Å². The summed E-state index contributed by atoms with van der Waals surface area (Å²) in [6.07, 6.45) is -0.549. The van der Waals surface area contributed by atoms with E-state index in [9.17, 15) is 5.11 Å². The maximum atomic E-state index is 10.1. The quantitative estimate of drug-likeness (QED) is 0.671. The molecule has 0 amide bonds. The van der Waals surface area contributed by atoms with Crippen molar-refractivity contribution < 1.29 is 9.84 Å². The Morgan fingerprint density at radius 3 is 2.83 bits per heavy atom. The topological polar surface area (TPSA) is 67.3 Å². The molecule has 2 aromatic rings. The van der Waals surface area contributed by atoms with E-state index in [0.717, 1.165) is 27.3 Å². The van der Waals surface area contributed by atoms with Crippen LogP contribution in [0.4, 0.5) is 5.13 Å². The standard InChI is InChI=1S/C16H23N3O2S2/c1-4-17-15-18-19-16(23-15)22-10-12(20)9-21-14-8-6-5-7-13(14)11(2)3/h5-8,11-12,20H,4,9-10H2,1-3H3,(H,17,18). The third-order valence-corrected chi connectivity index (χ3v) is 5.27.